The van der Waals surface area contributed by atoms with Crippen molar-refractivity contribution in [2.75, 3.05) is 6.61 Å². The fraction of sp³-hybridized carbons (Fsp3) is 0.800. The van der Waals surface area contributed by atoms with Gasteiger partial charge in [0.15, 0.2) is 11.5 Å². The Balaban J connectivity index is 1.53. The van der Waals surface area contributed by atoms with Crippen LogP contribution in [0.1, 0.15) is 90.3 Å². The number of rotatable bonds is 8. The third-order valence-electron chi connectivity index (χ3n) is 12.9. The first-order chi connectivity index (χ1) is 21.6. The van der Waals surface area contributed by atoms with Crippen LogP contribution < -0.4 is 4.74 Å². The first-order valence-corrected chi connectivity index (χ1v) is 16.7. The summed E-state index contributed by atoms with van der Waals surface area (Å²) in [6, 6.07) is 1.56. The highest BCUT2D eigenvalue weighted by molar-refractivity contribution is 5.93. The average molecular weight is 667 g/mol. The van der Waals surface area contributed by atoms with Crippen LogP contribution in [0, 0.1) is 29.6 Å². The molecule has 9 N–H and O–H groups in total. The van der Waals surface area contributed by atoms with Crippen LogP contribution in [0.25, 0.3) is 0 Å². The molecule has 4 aliphatic rings. The molecule has 2 saturated carbocycles. The number of Topliss-reactive ketones (excluding diaryl/α,β-unsaturated/α-hetero) is 1. The van der Waals surface area contributed by atoms with E-state index in [0.29, 0.717) is 24.0 Å². The Bertz CT molecular complexity index is 1370. The number of ether oxygens (including phenoxy) is 2. The maximum atomic E-state index is 14.6. The van der Waals surface area contributed by atoms with Crippen molar-refractivity contribution in [3.8, 4) is 11.5 Å². The molecule has 0 amide bonds. The summed E-state index contributed by atoms with van der Waals surface area (Å²) in [5, 5.41) is 96.9. The van der Waals surface area contributed by atoms with E-state index in [1.165, 1.54) is 6.92 Å². The van der Waals surface area contributed by atoms with Crippen molar-refractivity contribution in [1.82, 2.24) is 0 Å². The lowest BCUT2D eigenvalue weighted by atomic mass is 9.41. The van der Waals surface area contributed by atoms with E-state index in [9.17, 15) is 50.8 Å². The van der Waals surface area contributed by atoms with Gasteiger partial charge in [0.05, 0.1) is 35.4 Å². The highest BCUT2D eigenvalue weighted by atomic mass is 16.7. The van der Waals surface area contributed by atoms with Crippen LogP contribution in [0.4, 0.5) is 0 Å². The Morgan fingerprint density at radius 2 is 1.68 bits per heavy atom. The van der Waals surface area contributed by atoms with Crippen LogP contribution in [0.2, 0.25) is 0 Å². The molecular weight excluding hydrogens is 612 g/mol. The predicted octanol–water partition coefficient (Wildman–Crippen LogP) is 0.729. The minimum atomic E-state index is -1.76. The molecule has 6 unspecified atom stereocenters. The van der Waals surface area contributed by atoms with Gasteiger partial charge in [-0.3, -0.25) is 4.79 Å². The number of hydrogen-bond acceptors (Lipinski definition) is 12. The molecule has 12 heteroatoms. The number of aromatic hydroxyl groups is 1. The highest BCUT2D eigenvalue weighted by Gasteiger charge is 2.73. The highest BCUT2D eigenvalue weighted by Crippen LogP contribution is 2.72. The van der Waals surface area contributed by atoms with Gasteiger partial charge in [-0.15, -0.1) is 0 Å². The van der Waals surface area contributed by atoms with E-state index in [0.717, 1.165) is 5.56 Å². The summed E-state index contributed by atoms with van der Waals surface area (Å²) in [4.78, 5) is 14.6. The molecule has 0 bridgehead atoms. The van der Waals surface area contributed by atoms with Gasteiger partial charge in [-0.2, -0.15) is 0 Å². The first kappa shape index (κ1) is 36.4. The maximum Gasteiger partial charge on any atom is 0.229 e. The smallest absolute Gasteiger partial charge is 0.229 e. The van der Waals surface area contributed by atoms with Gasteiger partial charge >= 0.3 is 0 Å². The van der Waals surface area contributed by atoms with Gasteiger partial charge in [0.25, 0.3) is 0 Å². The number of ketones is 1. The summed E-state index contributed by atoms with van der Waals surface area (Å²) in [5.74, 6) is -1.58. The third-order valence-corrected chi connectivity index (χ3v) is 12.9. The average Bonchev–Trinajstić information content (AvgIpc) is 3.19. The van der Waals surface area contributed by atoms with E-state index >= 15 is 0 Å². The largest absolute Gasteiger partial charge is 0.504 e. The van der Waals surface area contributed by atoms with Crippen molar-refractivity contribution in [2.24, 2.45) is 22.7 Å². The number of aliphatic hydroxyl groups excluding tert-OH is 6. The van der Waals surface area contributed by atoms with Crippen molar-refractivity contribution in [1.29, 1.82) is 0 Å². The molecule has 1 heterocycles. The van der Waals surface area contributed by atoms with Crippen LogP contribution in [-0.2, 0) is 21.4 Å². The van der Waals surface area contributed by atoms with Crippen LogP contribution in [0.15, 0.2) is 6.07 Å². The second-order valence-corrected chi connectivity index (χ2v) is 16.3. The minimum Gasteiger partial charge on any atom is -0.504 e. The lowest BCUT2D eigenvalue weighted by molar-refractivity contribution is -0.277. The number of carbonyl (C=O) groups is 1. The summed E-state index contributed by atoms with van der Waals surface area (Å²) < 4.78 is 11.4. The van der Waals surface area contributed by atoms with Gasteiger partial charge in [-0.05, 0) is 106 Å². The number of phenols is 1. The summed E-state index contributed by atoms with van der Waals surface area (Å²) in [7, 11) is 0. The summed E-state index contributed by atoms with van der Waals surface area (Å²) in [5.41, 5.74) is -3.57. The number of hydrogen-bond donors (Lipinski definition) is 9. The molecule has 1 aromatic rings. The van der Waals surface area contributed by atoms with Crippen LogP contribution >= 0.6 is 0 Å². The number of phenolic OH excluding ortho intramolecular Hbond substituents is 1. The normalized spacial score (nSPS) is 42.2. The third kappa shape index (κ3) is 5.43. The van der Waals surface area contributed by atoms with Crippen LogP contribution in [0.3, 0.4) is 0 Å². The Morgan fingerprint density at radius 1 is 1.04 bits per heavy atom. The molecule has 13 atom stereocenters. The molecular formula is C35H54O12. The number of aliphatic hydroxyl groups is 8. The topological polar surface area (TPSA) is 218 Å². The Kier molecular flexibility index (Phi) is 9.20. The molecule has 1 aromatic carbocycles. The SMILES string of the molecule is Cc1c(O)c(OC2OC(CO)C(O)C(O)C2O)cc2c1CC[C@H]1[C@]3(C)C[C@@H](O)[C@H]([C@@](C)(O)C(O)CCC(C)(C)O)[C@@]3(C)CC(=O)[C@]21C. The molecule has 3 aliphatic carbocycles. The summed E-state index contributed by atoms with van der Waals surface area (Å²) >= 11 is 0. The second-order valence-electron chi connectivity index (χ2n) is 16.3. The molecule has 5 rings (SSSR count). The maximum absolute atomic E-state index is 14.6. The molecule has 1 saturated heterocycles. The Hall–Kier alpha value is -1.87. The van der Waals surface area contributed by atoms with Gasteiger partial charge in [-0.1, -0.05) is 13.8 Å². The van der Waals surface area contributed by atoms with E-state index in [2.05, 4.69) is 6.92 Å². The molecule has 0 spiro atoms. The zero-order valence-corrected chi connectivity index (χ0v) is 28.5. The summed E-state index contributed by atoms with van der Waals surface area (Å²) in [6.45, 7) is 11.7. The fourth-order valence-electron chi connectivity index (χ4n) is 10.0. The van der Waals surface area contributed by atoms with Gasteiger partial charge in [0.2, 0.25) is 6.29 Å². The lowest BCUT2D eigenvalue weighted by Crippen LogP contribution is -2.64. The Morgan fingerprint density at radius 3 is 2.28 bits per heavy atom. The van der Waals surface area contributed by atoms with Gasteiger partial charge < -0.3 is 55.4 Å². The zero-order valence-electron chi connectivity index (χ0n) is 28.5. The van der Waals surface area contributed by atoms with Crippen molar-refractivity contribution in [3.63, 3.8) is 0 Å². The van der Waals surface area contributed by atoms with Crippen molar-refractivity contribution in [2.45, 2.75) is 147 Å². The molecule has 0 aromatic heterocycles. The minimum absolute atomic E-state index is 0.00878. The lowest BCUT2D eigenvalue weighted by Gasteiger charge is -2.62. The van der Waals surface area contributed by atoms with Gasteiger partial charge in [0.1, 0.15) is 30.2 Å². The monoisotopic (exact) mass is 666 g/mol. The molecule has 12 nitrogen and oxygen atoms in total. The number of benzene rings is 1. The molecule has 1 aliphatic heterocycles. The zero-order chi connectivity index (χ0) is 35.2. The van der Waals surface area contributed by atoms with Gasteiger partial charge in [-0.25, -0.2) is 0 Å². The van der Waals surface area contributed by atoms with Gasteiger partial charge in [0, 0.05) is 12.3 Å². The number of fused-ring (bicyclic) bond motifs is 5. The van der Waals surface area contributed by atoms with E-state index in [-0.39, 0.29) is 48.9 Å². The number of carbonyl (C=O) groups excluding carboxylic acids is 1. The van der Waals surface area contributed by atoms with E-state index < -0.39 is 82.9 Å². The van der Waals surface area contributed by atoms with Crippen molar-refractivity contribution >= 4 is 5.78 Å². The predicted molar refractivity (Wildman–Crippen MR) is 169 cm³/mol. The Labute approximate surface area is 276 Å². The fourth-order valence-corrected chi connectivity index (χ4v) is 10.0. The second kappa shape index (κ2) is 11.9. The van der Waals surface area contributed by atoms with Crippen LogP contribution in [0.5, 0.6) is 11.5 Å². The quantitative estimate of drug-likeness (QED) is 0.188. The first-order valence-electron chi connectivity index (χ1n) is 16.7. The molecule has 3 fully saturated rings. The van der Waals surface area contributed by atoms with Crippen LogP contribution in [-0.4, -0.2) is 112 Å². The molecule has 266 valence electrons. The molecule has 0 radical (unpaired) electrons. The van der Waals surface area contributed by atoms with E-state index in [1.807, 2.05) is 13.8 Å². The van der Waals surface area contributed by atoms with Crippen molar-refractivity contribution in [3.05, 3.63) is 22.8 Å². The van der Waals surface area contributed by atoms with Crippen molar-refractivity contribution < 1.29 is 60.2 Å². The van der Waals surface area contributed by atoms with E-state index in [1.54, 1.807) is 26.8 Å². The van der Waals surface area contributed by atoms with E-state index in [4.69, 9.17) is 9.47 Å². The molecule has 47 heavy (non-hydrogen) atoms. The standard InChI is InChI=1S/C35H54O12/c1-16-17-8-9-22-32(4)13-19(37)29(35(7,45)23(38)10-11-31(2,3)44)33(32,5)14-24(39)34(22,6)18(17)12-20(25(16)40)46-30-28(43)27(42)26(41)21(15-36)47-30/h12,19,21-23,26-30,36-38,40-45H,8-11,13-15H2,1-7H3/t19-,21?,22+,23?,26?,27?,28?,29+,30?,32+,33-,34-,35+/m1/s1. The summed E-state index contributed by atoms with van der Waals surface area (Å²) in [6.07, 6.45) is -8.28.